The number of carboxylic acid groups (broad SMARTS) is 1. The summed E-state index contributed by atoms with van der Waals surface area (Å²) in [6.45, 7) is 0. The van der Waals surface area contributed by atoms with Crippen LogP contribution in [-0.2, 0) is 21.2 Å². The molecule has 0 fully saturated rings. The molecule has 9 nitrogen and oxygen atoms in total. The number of amides is 1. The minimum Gasteiger partial charge on any atom is -0.478 e. The molecule has 2 aromatic carbocycles. The summed E-state index contributed by atoms with van der Waals surface area (Å²) in [6, 6.07) is 9.61. The molecule has 0 aliphatic heterocycles. The van der Waals surface area contributed by atoms with Gasteiger partial charge >= 0.3 is 5.97 Å². The molecule has 150 valence electrons. The molecule has 3 rings (SSSR count). The molecule has 1 aromatic heterocycles. The second-order valence-electron chi connectivity index (χ2n) is 6.02. The summed E-state index contributed by atoms with van der Waals surface area (Å²) in [6.07, 6.45) is 1.93. The molecule has 4 N–H and O–H groups in total. The minimum absolute atomic E-state index is 0.00658. The lowest BCUT2D eigenvalue weighted by atomic mass is 10.1. The zero-order valence-corrected chi connectivity index (χ0v) is 15.6. The molecule has 0 radical (unpaired) electrons. The molecule has 0 spiro atoms. The predicted molar refractivity (Wildman–Crippen MR) is 101 cm³/mol. The summed E-state index contributed by atoms with van der Waals surface area (Å²) in [5.41, 5.74) is 0.162. The highest BCUT2D eigenvalue weighted by atomic mass is 32.2. The number of benzene rings is 2. The maximum absolute atomic E-state index is 13.7. The first-order chi connectivity index (χ1) is 13.6. The van der Waals surface area contributed by atoms with Gasteiger partial charge in [0.15, 0.2) is 0 Å². The molecule has 0 bridgehead atoms. The smallest absolute Gasteiger partial charge is 0.338 e. The summed E-state index contributed by atoms with van der Waals surface area (Å²) >= 11 is 0. The van der Waals surface area contributed by atoms with Gasteiger partial charge in [-0.15, -0.1) is 0 Å². The average Bonchev–Trinajstić information content (AvgIpc) is 3.13. The number of halogens is 1. The molecule has 0 saturated carbocycles. The molecule has 11 heteroatoms. The monoisotopic (exact) mass is 418 g/mol. The molecule has 1 heterocycles. The number of nitrogens with two attached hydrogens (primary N) is 1. The first-order valence-electron chi connectivity index (χ1n) is 8.13. The van der Waals surface area contributed by atoms with E-state index in [1.165, 1.54) is 30.3 Å². The molecule has 0 unspecified atom stereocenters. The fourth-order valence-electron chi connectivity index (χ4n) is 2.59. The SMILES string of the molecule is NS(=O)(=O)c1cc(NC(=O)Cc2ccccc2F)ccc1-n1cc(C(=O)O)cn1. The number of nitrogens with one attached hydrogen (secondary N) is 1. The molecule has 1 amide bonds. The van der Waals surface area contributed by atoms with E-state index in [4.69, 9.17) is 10.2 Å². The van der Waals surface area contributed by atoms with Gasteiger partial charge in [-0.25, -0.2) is 27.4 Å². The van der Waals surface area contributed by atoms with Crippen molar-refractivity contribution in [3.05, 3.63) is 71.8 Å². The number of carbonyl (C=O) groups is 2. The zero-order valence-electron chi connectivity index (χ0n) is 14.7. The highest BCUT2D eigenvalue weighted by molar-refractivity contribution is 7.89. The lowest BCUT2D eigenvalue weighted by molar-refractivity contribution is -0.115. The van der Waals surface area contributed by atoms with Gasteiger partial charge in [0.2, 0.25) is 15.9 Å². The van der Waals surface area contributed by atoms with E-state index in [-0.39, 0.29) is 33.8 Å². The number of aromatic nitrogens is 2. The summed E-state index contributed by atoms with van der Waals surface area (Å²) in [5, 5.41) is 20.6. The largest absolute Gasteiger partial charge is 0.478 e. The van der Waals surface area contributed by atoms with Gasteiger partial charge in [0.05, 0.1) is 23.9 Å². The predicted octanol–water partition coefficient (Wildman–Crippen LogP) is 1.54. The zero-order chi connectivity index (χ0) is 21.2. The van der Waals surface area contributed by atoms with Crippen LogP contribution in [0, 0.1) is 5.82 Å². The van der Waals surface area contributed by atoms with Crippen molar-refractivity contribution in [3.63, 3.8) is 0 Å². The van der Waals surface area contributed by atoms with Crippen molar-refractivity contribution in [1.82, 2.24) is 9.78 Å². The van der Waals surface area contributed by atoms with E-state index in [2.05, 4.69) is 10.4 Å². The Kier molecular flexibility index (Phi) is 5.43. The number of anilines is 1. The van der Waals surface area contributed by atoms with Gasteiger partial charge in [-0.05, 0) is 29.8 Å². The van der Waals surface area contributed by atoms with Crippen molar-refractivity contribution >= 4 is 27.6 Å². The van der Waals surface area contributed by atoms with Crippen LogP contribution in [0.15, 0.2) is 59.8 Å². The Bertz CT molecular complexity index is 1210. The van der Waals surface area contributed by atoms with Crippen LogP contribution in [0.25, 0.3) is 5.69 Å². The third kappa shape index (κ3) is 4.65. The minimum atomic E-state index is -4.24. The number of primary sulfonamides is 1. The van der Waals surface area contributed by atoms with Gasteiger partial charge in [-0.2, -0.15) is 5.10 Å². The third-order valence-electron chi connectivity index (χ3n) is 3.94. The van der Waals surface area contributed by atoms with E-state index in [1.807, 2.05) is 0 Å². The van der Waals surface area contributed by atoms with E-state index >= 15 is 0 Å². The lowest BCUT2D eigenvalue weighted by Gasteiger charge is -2.11. The number of aromatic carboxylic acids is 1. The number of rotatable bonds is 6. The van der Waals surface area contributed by atoms with E-state index < -0.39 is 27.7 Å². The Morgan fingerprint density at radius 3 is 2.55 bits per heavy atom. The Balaban J connectivity index is 1.90. The molecular formula is C18H15FN4O5S. The van der Waals surface area contributed by atoms with Crippen LogP contribution >= 0.6 is 0 Å². The summed E-state index contributed by atoms with van der Waals surface area (Å²) in [7, 11) is -4.24. The molecular weight excluding hydrogens is 403 g/mol. The quantitative estimate of drug-likeness (QED) is 0.554. The fourth-order valence-corrected chi connectivity index (χ4v) is 3.34. The van der Waals surface area contributed by atoms with Gasteiger partial charge < -0.3 is 10.4 Å². The van der Waals surface area contributed by atoms with Crippen LogP contribution in [0.2, 0.25) is 0 Å². The third-order valence-corrected chi connectivity index (χ3v) is 4.88. The average molecular weight is 418 g/mol. The number of hydrogen-bond donors (Lipinski definition) is 3. The molecule has 0 aliphatic carbocycles. The van der Waals surface area contributed by atoms with Crippen LogP contribution in [0.5, 0.6) is 0 Å². The topological polar surface area (TPSA) is 144 Å². The summed E-state index contributed by atoms with van der Waals surface area (Å²) in [4.78, 5) is 22.8. The van der Waals surface area contributed by atoms with Gasteiger partial charge in [0.1, 0.15) is 10.7 Å². The molecule has 29 heavy (non-hydrogen) atoms. The summed E-state index contributed by atoms with van der Waals surface area (Å²) < 4.78 is 38.7. The van der Waals surface area contributed by atoms with E-state index in [9.17, 15) is 22.4 Å². The Morgan fingerprint density at radius 2 is 1.93 bits per heavy atom. The normalized spacial score (nSPS) is 11.2. The van der Waals surface area contributed by atoms with Gasteiger partial charge in [-0.1, -0.05) is 18.2 Å². The van der Waals surface area contributed by atoms with Crippen LogP contribution in [-0.4, -0.2) is 35.2 Å². The highest BCUT2D eigenvalue weighted by Gasteiger charge is 2.19. The number of sulfonamides is 1. The van der Waals surface area contributed by atoms with Crippen molar-refractivity contribution < 1.29 is 27.5 Å². The molecule has 0 aliphatic rings. The molecule has 3 aromatic rings. The second-order valence-corrected chi connectivity index (χ2v) is 7.55. The van der Waals surface area contributed by atoms with E-state index in [1.54, 1.807) is 6.07 Å². The van der Waals surface area contributed by atoms with E-state index in [0.717, 1.165) is 23.1 Å². The second kappa shape index (κ2) is 7.81. The Hall–Kier alpha value is -3.57. The number of nitrogens with zero attached hydrogens (tertiary/aromatic N) is 2. The standard InChI is InChI=1S/C18H15FN4O5S/c19-14-4-2-1-3-11(14)7-17(24)22-13-5-6-15(16(8-13)29(20,27)28)23-10-12(9-21-23)18(25)26/h1-6,8-10H,7H2,(H,22,24)(H,25,26)(H2,20,27,28). The highest BCUT2D eigenvalue weighted by Crippen LogP contribution is 2.23. The Labute approximate surface area is 164 Å². The van der Waals surface area contributed by atoms with Crippen molar-refractivity contribution in [2.24, 2.45) is 5.14 Å². The molecule has 0 saturated heterocycles. The Morgan fingerprint density at radius 1 is 1.21 bits per heavy atom. The van der Waals surface area contributed by atoms with Gasteiger partial charge in [0.25, 0.3) is 0 Å². The van der Waals surface area contributed by atoms with E-state index in [0.29, 0.717) is 0 Å². The van der Waals surface area contributed by atoms with Crippen LogP contribution in [0.3, 0.4) is 0 Å². The van der Waals surface area contributed by atoms with Gasteiger partial charge in [-0.3, -0.25) is 4.79 Å². The first-order valence-corrected chi connectivity index (χ1v) is 9.68. The van der Waals surface area contributed by atoms with Crippen LogP contribution in [0.4, 0.5) is 10.1 Å². The number of carbonyl (C=O) groups excluding carboxylic acids is 1. The maximum atomic E-state index is 13.7. The van der Waals surface area contributed by atoms with Crippen molar-refractivity contribution in [3.8, 4) is 5.69 Å². The van der Waals surface area contributed by atoms with Crippen LogP contribution in [0.1, 0.15) is 15.9 Å². The fraction of sp³-hybridized carbons (Fsp3) is 0.0556. The molecule has 0 atom stereocenters. The van der Waals surface area contributed by atoms with Gasteiger partial charge in [0, 0.05) is 11.9 Å². The van der Waals surface area contributed by atoms with Crippen molar-refractivity contribution in [2.75, 3.05) is 5.32 Å². The maximum Gasteiger partial charge on any atom is 0.338 e. The summed E-state index contributed by atoms with van der Waals surface area (Å²) in [5.74, 6) is -2.32. The number of carboxylic acids is 1. The first kappa shape index (κ1) is 20.2. The van der Waals surface area contributed by atoms with Crippen LogP contribution < -0.4 is 10.5 Å². The lowest BCUT2D eigenvalue weighted by Crippen LogP contribution is -2.18. The van der Waals surface area contributed by atoms with Crippen molar-refractivity contribution in [2.45, 2.75) is 11.3 Å². The van der Waals surface area contributed by atoms with Crippen molar-refractivity contribution in [1.29, 1.82) is 0 Å². The number of hydrogen-bond acceptors (Lipinski definition) is 5.